The number of rotatable bonds is 7. The van der Waals surface area contributed by atoms with Crippen molar-refractivity contribution in [3.05, 3.63) is 58.6 Å². The van der Waals surface area contributed by atoms with Gasteiger partial charge in [-0.25, -0.2) is 0 Å². The third-order valence-corrected chi connectivity index (χ3v) is 3.58. The molecule has 5 nitrogen and oxygen atoms in total. The summed E-state index contributed by atoms with van der Waals surface area (Å²) >= 11 is 5.81. The number of ketones is 1. The molecule has 0 unspecified atom stereocenters. The summed E-state index contributed by atoms with van der Waals surface area (Å²) in [5.41, 5.74) is 1.31. The van der Waals surface area contributed by atoms with Crippen LogP contribution in [0.3, 0.4) is 0 Å². The van der Waals surface area contributed by atoms with E-state index in [1.165, 1.54) is 14.0 Å². The zero-order valence-electron chi connectivity index (χ0n) is 13.5. The number of nitrogens with one attached hydrogen (secondary N) is 1. The molecular weight excluding hydrogens is 330 g/mol. The molecule has 0 fully saturated rings. The van der Waals surface area contributed by atoms with Crippen molar-refractivity contribution in [3.63, 3.8) is 0 Å². The van der Waals surface area contributed by atoms with Gasteiger partial charge in [0.1, 0.15) is 11.5 Å². The standard InChI is InChI=1S/C18H18ClNO4/c1-12(21)16-9-15(23-2)7-8-17(16)24-11-18(22)20-10-13-3-5-14(19)6-4-13/h3-9H,10-11H2,1-2H3,(H,20,22). The minimum Gasteiger partial charge on any atom is -0.497 e. The Labute approximate surface area is 145 Å². The Morgan fingerprint density at radius 2 is 1.83 bits per heavy atom. The Morgan fingerprint density at radius 1 is 1.12 bits per heavy atom. The quantitative estimate of drug-likeness (QED) is 0.781. The number of ether oxygens (including phenoxy) is 2. The maximum atomic E-state index is 11.9. The molecule has 126 valence electrons. The SMILES string of the molecule is COc1ccc(OCC(=O)NCc2ccc(Cl)cc2)c(C(C)=O)c1. The van der Waals surface area contributed by atoms with E-state index in [1.54, 1.807) is 30.3 Å². The van der Waals surface area contributed by atoms with Gasteiger partial charge in [0.2, 0.25) is 0 Å². The fourth-order valence-corrected chi connectivity index (χ4v) is 2.16. The van der Waals surface area contributed by atoms with Crippen LogP contribution in [-0.4, -0.2) is 25.4 Å². The number of carbonyl (C=O) groups is 2. The summed E-state index contributed by atoms with van der Waals surface area (Å²) in [6.07, 6.45) is 0. The van der Waals surface area contributed by atoms with Crippen molar-refractivity contribution in [1.29, 1.82) is 0 Å². The highest BCUT2D eigenvalue weighted by molar-refractivity contribution is 6.30. The molecule has 0 atom stereocenters. The number of hydrogen-bond acceptors (Lipinski definition) is 4. The van der Waals surface area contributed by atoms with Gasteiger partial charge >= 0.3 is 0 Å². The van der Waals surface area contributed by atoms with Gasteiger partial charge in [-0.1, -0.05) is 23.7 Å². The van der Waals surface area contributed by atoms with Gasteiger partial charge in [0.25, 0.3) is 5.91 Å². The van der Waals surface area contributed by atoms with Gasteiger partial charge < -0.3 is 14.8 Å². The summed E-state index contributed by atoms with van der Waals surface area (Å²) in [5, 5.41) is 3.39. The summed E-state index contributed by atoms with van der Waals surface area (Å²) in [4.78, 5) is 23.6. The molecule has 24 heavy (non-hydrogen) atoms. The van der Waals surface area contributed by atoms with Crippen LogP contribution in [0.15, 0.2) is 42.5 Å². The fraction of sp³-hybridized carbons (Fsp3) is 0.222. The van der Waals surface area contributed by atoms with Crippen molar-refractivity contribution in [2.24, 2.45) is 0 Å². The van der Waals surface area contributed by atoms with E-state index in [0.717, 1.165) is 5.56 Å². The molecule has 0 heterocycles. The molecular formula is C18H18ClNO4. The van der Waals surface area contributed by atoms with E-state index in [0.29, 0.717) is 28.6 Å². The van der Waals surface area contributed by atoms with Crippen molar-refractivity contribution in [2.75, 3.05) is 13.7 Å². The zero-order valence-corrected chi connectivity index (χ0v) is 14.2. The molecule has 0 aromatic heterocycles. The van der Waals surface area contributed by atoms with Crippen LogP contribution in [0.2, 0.25) is 5.02 Å². The van der Waals surface area contributed by atoms with Crippen molar-refractivity contribution in [2.45, 2.75) is 13.5 Å². The average Bonchev–Trinajstić information content (AvgIpc) is 2.59. The molecule has 0 spiro atoms. The second-order valence-electron chi connectivity index (χ2n) is 5.11. The van der Waals surface area contributed by atoms with E-state index in [1.807, 2.05) is 12.1 Å². The predicted octanol–water partition coefficient (Wildman–Crippen LogP) is 3.25. The van der Waals surface area contributed by atoms with Crippen molar-refractivity contribution < 1.29 is 19.1 Å². The molecule has 2 aromatic carbocycles. The summed E-state index contributed by atoms with van der Waals surface area (Å²) in [5.74, 6) is 0.463. The van der Waals surface area contributed by atoms with Crippen molar-refractivity contribution in [3.8, 4) is 11.5 Å². The minimum atomic E-state index is -0.282. The van der Waals surface area contributed by atoms with Gasteiger partial charge in [0, 0.05) is 11.6 Å². The Balaban J connectivity index is 1.91. The number of halogens is 1. The second kappa shape index (κ2) is 8.36. The van der Waals surface area contributed by atoms with Crippen LogP contribution < -0.4 is 14.8 Å². The minimum absolute atomic E-state index is 0.162. The van der Waals surface area contributed by atoms with Gasteiger partial charge in [0.05, 0.1) is 12.7 Å². The molecule has 2 rings (SSSR count). The number of benzene rings is 2. The lowest BCUT2D eigenvalue weighted by Crippen LogP contribution is -2.28. The lowest BCUT2D eigenvalue weighted by molar-refractivity contribution is -0.123. The summed E-state index contributed by atoms with van der Waals surface area (Å²) < 4.78 is 10.5. The summed E-state index contributed by atoms with van der Waals surface area (Å²) in [6.45, 7) is 1.63. The highest BCUT2D eigenvalue weighted by Gasteiger charge is 2.12. The van der Waals surface area contributed by atoms with Crippen molar-refractivity contribution >= 4 is 23.3 Å². The number of carbonyl (C=O) groups excluding carboxylic acids is 2. The highest BCUT2D eigenvalue weighted by Crippen LogP contribution is 2.24. The number of Topliss-reactive ketones (excluding diaryl/α,β-unsaturated/α-hetero) is 1. The first-order valence-corrected chi connectivity index (χ1v) is 7.70. The molecule has 0 saturated heterocycles. The lowest BCUT2D eigenvalue weighted by atomic mass is 10.1. The summed E-state index contributed by atoms with van der Waals surface area (Å²) in [7, 11) is 1.52. The normalized spacial score (nSPS) is 10.1. The molecule has 0 aliphatic rings. The molecule has 0 aliphatic carbocycles. The van der Waals surface area contributed by atoms with E-state index >= 15 is 0 Å². The van der Waals surface area contributed by atoms with Crippen LogP contribution in [-0.2, 0) is 11.3 Å². The van der Waals surface area contributed by atoms with Crippen molar-refractivity contribution in [1.82, 2.24) is 5.32 Å². The molecule has 2 aromatic rings. The molecule has 1 N–H and O–H groups in total. The first-order chi connectivity index (χ1) is 11.5. The maximum Gasteiger partial charge on any atom is 0.258 e. The Kier molecular flexibility index (Phi) is 6.21. The first-order valence-electron chi connectivity index (χ1n) is 7.32. The zero-order chi connectivity index (χ0) is 17.5. The first kappa shape index (κ1) is 17.8. The van der Waals surface area contributed by atoms with E-state index in [9.17, 15) is 9.59 Å². The summed E-state index contributed by atoms with van der Waals surface area (Å²) in [6, 6.07) is 12.1. The molecule has 0 saturated carbocycles. The van der Waals surface area contributed by atoms with Gasteiger partial charge in [-0.2, -0.15) is 0 Å². The van der Waals surface area contributed by atoms with E-state index < -0.39 is 0 Å². The third-order valence-electron chi connectivity index (χ3n) is 3.33. The monoisotopic (exact) mass is 347 g/mol. The number of methoxy groups -OCH3 is 1. The Morgan fingerprint density at radius 3 is 2.46 bits per heavy atom. The molecule has 0 aliphatic heterocycles. The maximum absolute atomic E-state index is 11.9. The third kappa shape index (κ3) is 4.99. The van der Waals surface area contributed by atoms with Gasteiger partial charge in [0.15, 0.2) is 12.4 Å². The topological polar surface area (TPSA) is 64.6 Å². The number of amides is 1. The lowest BCUT2D eigenvalue weighted by Gasteiger charge is -2.11. The predicted molar refractivity (Wildman–Crippen MR) is 91.8 cm³/mol. The van der Waals surface area contributed by atoms with Crippen LogP contribution in [0.4, 0.5) is 0 Å². The van der Waals surface area contributed by atoms with Gasteiger partial charge in [-0.05, 0) is 42.8 Å². The molecule has 0 bridgehead atoms. The number of hydrogen-bond donors (Lipinski definition) is 1. The smallest absolute Gasteiger partial charge is 0.258 e. The largest absolute Gasteiger partial charge is 0.497 e. The highest BCUT2D eigenvalue weighted by atomic mass is 35.5. The van der Waals surface area contributed by atoms with E-state index in [-0.39, 0.29) is 18.3 Å². The molecule has 1 amide bonds. The van der Waals surface area contributed by atoms with E-state index in [4.69, 9.17) is 21.1 Å². The van der Waals surface area contributed by atoms with Gasteiger partial charge in [-0.3, -0.25) is 9.59 Å². The second-order valence-corrected chi connectivity index (χ2v) is 5.55. The van der Waals surface area contributed by atoms with Crippen LogP contribution in [0, 0.1) is 0 Å². The molecule has 6 heteroatoms. The van der Waals surface area contributed by atoms with Crippen LogP contribution >= 0.6 is 11.6 Å². The van der Waals surface area contributed by atoms with Crippen LogP contribution in [0.1, 0.15) is 22.8 Å². The van der Waals surface area contributed by atoms with Crippen LogP contribution in [0.25, 0.3) is 0 Å². The van der Waals surface area contributed by atoms with Crippen LogP contribution in [0.5, 0.6) is 11.5 Å². The van der Waals surface area contributed by atoms with Gasteiger partial charge in [-0.15, -0.1) is 0 Å². The fourth-order valence-electron chi connectivity index (χ4n) is 2.03. The Hall–Kier alpha value is -2.53. The average molecular weight is 348 g/mol. The Bertz CT molecular complexity index is 728. The van der Waals surface area contributed by atoms with E-state index in [2.05, 4.69) is 5.32 Å². The molecule has 0 radical (unpaired) electrons.